The van der Waals surface area contributed by atoms with Crippen LogP contribution in [0.4, 0.5) is 0 Å². The van der Waals surface area contributed by atoms with E-state index < -0.39 is 0 Å². The van der Waals surface area contributed by atoms with Crippen LogP contribution in [-0.2, 0) is 4.79 Å². The number of carbonyl (C=O) groups is 1. The van der Waals surface area contributed by atoms with E-state index in [1.807, 2.05) is 0 Å². The highest BCUT2D eigenvalue weighted by atomic mass is 16.1. The minimum absolute atomic E-state index is 0.0241. The van der Waals surface area contributed by atoms with Crippen LogP contribution in [-0.4, -0.2) is 24.4 Å². The minimum Gasteiger partial charge on any atom is -0.385 e. The number of nitrogens with one attached hydrogen (secondary N) is 2. The van der Waals surface area contributed by atoms with Crippen LogP contribution in [0.2, 0.25) is 0 Å². The van der Waals surface area contributed by atoms with E-state index in [9.17, 15) is 4.79 Å². The second kappa shape index (κ2) is 3.58. The van der Waals surface area contributed by atoms with E-state index >= 15 is 0 Å². The fourth-order valence-electron chi connectivity index (χ4n) is 1.95. The second-order valence-electron chi connectivity index (χ2n) is 4.05. The molecule has 2 aliphatic rings. The van der Waals surface area contributed by atoms with Crippen molar-refractivity contribution in [1.29, 1.82) is 0 Å². The minimum atomic E-state index is -0.0241. The van der Waals surface area contributed by atoms with Crippen LogP contribution in [0.25, 0.3) is 0 Å². The molecule has 1 aliphatic heterocycles. The molecule has 0 aromatic rings. The molecule has 3 heteroatoms. The number of ketones is 1. The summed E-state index contributed by atoms with van der Waals surface area (Å²) in [6.45, 7) is 4.45. The Morgan fingerprint density at radius 2 is 2.36 bits per heavy atom. The zero-order chi connectivity index (χ0) is 10.1. The van der Waals surface area contributed by atoms with Crippen molar-refractivity contribution in [3.63, 3.8) is 0 Å². The number of Topliss-reactive ketones (excluding diaryl/α,β-unsaturated/α-hetero) is 1. The zero-order valence-corrected chi connectivity index (χ0v) is 8.63. The van der Waals surface area contributed by atoms with Gasteiger partial charge in [0.25, 0.3) is 0 Å². The molecule has 2 N–H and O–H groups in total. The molecule has 2 rings (SSSR count). The van der Waals surface area contributed by atoms with Crippen molar-refractivity contribution in [1.82, 2.24) is 10.6 Å². The maximum atomic E-state index is 11.2. The van der Waals surface area contributed by atoms with Crippen molar-refractivity contribution >= 4 is 5.78 Å². The molecule has 1 saturated heterocycles. The number of rotatable bonds is 1. The van der Waals surface area contributed by atoms with Crippen LogP contribution in [0.15, 0.2) is 23.4 Å². The molecular formula is C11H16N2O. The van der Waals surface area contributed by atoms with E-state index in [2.05, 4.69) is 29.7 Å². The van der Waals surface area contributed by atoms with E-state index in [0.717, 1.165) is 6.42 Å². The fourth-order valence-corrected chi connectivity index (χ4v) is 1.95. The van der Waals surface area contributed by atoms with Gasteiger partial charge in [-0.3, -0.25) is 10.1 Å². The predicted molar refractivity (Wildman–Crippen MR) is 55.9 cm³/mol. The van der Waals surface area contributed by atoms with Crippen molar-refractivity contribution in [3.05, 3.63) is 23.4 Å². The third-order valence-corrected chi connectivity index (χ3v) is 2.84. The molecule has 2 atom stereocenters. The van der Waals surface area contributed by atoms with Gasteiger partial charge >= 0.3 is 0 Å². The van der Waals surface area contributed by atoms with Crippen LogP contribution in [0.5, 0.6) is 0 Å². The smallest absolute Gasteiger partial charge is 0.148 e. The van der Waals surface area contributed by atoms with E-state index in [0.29, 0.717) is 12.6 Å². The monoisotopic (exact) mass is 192 g/mol. The molecule has 0 bridgehead atoms. The Morgan fingerprint density at radius 3 is 3.07 bits per heavy atom. The van der Waals surface area contributed by atoms with Crippen molar-refractivity contribution in [2.24, 2.45) is 0 Å². The second-order valence-corrected chi connectivity index (χ2v) is 4.05. The number of hydrogen-bond acceptors (Lipinski definition) is 3. The van der Waals surface area contributed by atoms with Gasteiger partial charge in [0.15, 0.2) is 0 Å². The lowest BCUT2D eigenvalue weighted by Crippen LogP contribution is -2.56. The Morgan fingerprint density at radius 1 is 1.57 bits per heavy atom. The molecule has 0 aromatic carbocycles. The summed E-state index contributed by atoms with van der Waals surface area (Å²) in [5.41, 5.74) is 2.52. The summed E-state index contributed by atoms with van der Waals surface area (Å²) < 4.78 is 0. The zero-order valence-electron chi connectivity index (χ0n) is 8.63. The third-order valence-electron chi connectivity index (χ3n) is 2.84. The maximum absolute atomic E-state index is 11.2. The van der Waals surface area contributed by atoms with Crippen LogP contribution >= 0.6 is 0 Å². The fraction of sp³-hybridized carbons (Fsp3) is 0.545. The van der Waals surface area contributed by atoms with Gasteiger partial charge < -0.3 is 5.32 Å². The van der Waals surface area contributed by atoms with E-state index in [-0.39, 0.29) is 11.8 Å². The molecule has 0 radical (unpaired) electrons. The third kappa shape index (κ3) is 1.73. The van der Waals surface area contributed by atoms with E-state index in [4.69, 9.17) is 0 Å². The summed E-state index contributed by atoms with van der Waals surface area (Å²) in [5.74, 6) is 0.211. The quantitative estimate of drug-likeness (QED) is 0.644. The van der Waals surface area contributed by atoms with Gasteiger partial charge in [0.2, 0.25) is 0 Å². The molecule has 1 heterocycles. The molecule has 0 saturated carbocycles. The number of carbonyl (C=O) groups excluding carboxylic acids is 1. The van der Waals surface area contributed by atoms with Gasteiger partial charge in [0.1, 0.15) is 5.78 Å². The lowest BCUT2D eigenvalue weighted by atomic mass is 9.96. The van der Waals surface area contributed by atoms with E-state index in [1.54, 1.807) is 6.92 Å². The molecule has 3 nitrogen and oxygen atoms in total. The summed E-state index contributed by atoms with van der Waals surface area (Å²) in [6.07, 6.45) is 5.33. The van der Waals surface area contributed by atoms with Crippen LogP contribution in [0, 0.1) is 0 Å². The molecular weight excluding hydrogens is 176 g/mol. The topological polar surface area (TPSA) is 41.1 Å². The van der Waals surface area contributed by atoms with Gasteiger partial charge in [0.05, 0.1) is 12.1 Å². The Bertz CT molecular complexity index is 317. The Labute approximate surface area is 84.3 Å². The average molecular weight is 192 g/mol. The van der Waals surface area contributed by atoms with Crippen molar-refractivity contribution in [3.8, 4) is 0 Å². The highest BCUT2D eigenvalue weighted by Gasteiger charge is 2.27. The average Bonchev–Trinajstić information content (AvgIpc) is 2.16. The van der Waals surface area contributed by atoms with Crippen molar-refractivity contribution in [2.45, 2.75) is 32.4 Å². The molecule has 0 amide bonds. The first-order valence-corrected chi connectivity index (χ1v) is 5.05. The lowest BCUT2D eigenvalue weighted by Gasteiger charge is -2.34. The van der Waals surface area contributed by atoms with Gasteiger partial charge in [-0.05, 0) is 26.3 Å². The summed E-state index contributed by atoms with van der Waals surface area (Å²) in [5, 5.41) is 6.67. The SMILES string of the molecule is CC(=O)C1CNC2=CC(C)=CCC2N1. The normalized spacial score (nSPS) is 31.0. The Hall–Kier alpha value is -1.09. The Kier molecular flexibility index (Phi) is 2.42. The molecule has 1 fully saturated rings. The largest absolute Gasteiger partial charge is 0.385 e. The molecule has 0 aromatic heterocycles. The van der Waals surface area contributed by atoms with Gasteiger partial charge in [-0.15, -0.1) is 0 Å². The van der Waals surface area contributed by atoms with Crippen LogP contribution in [0.1, 0.15) is 20.3 Å². The summed E-state index contributed by atoms with van der Waals surface area (Å²) >= 11 is 0. The highest BCUT2D eigenvalue weighted by molar-refractivity contribution is 5.82. The van der Waals surface area contributed by atoms with Gasteiger partial charge in [0, 0.05) is 12.2 Å². The van der Waals surface area contributed by atoms with Crippen molar-refractivity contribution < 1.29 is 4.79 Å². The molecule has 14 heavy (non-hydrogen) atoms. The molecule has 0 spiro atoms. The van der Waals surface area contributed by atoms with Gasteiger partial charge in [-0.25, -0.2) is 0 Å². The molecule has 1 aliphatic carbocycles. The van der Waals surface area contributed by atoms with Gasteiger partial charge in [-0.2, -0.15) is 0 Å². The lowest BCUT2D eigenvalue weighted by molar-refractivity contribution is -0.119. The first-order valence-electron chi connectivity index (χ1n) is 5.05. The molecule has 2 unspecified atom stereocenters. The first kappa shape index (κ1) is 9.46. The number of hydrogen-bond donors (Lipinski definition) is 2. The Balaban J connectivity index is 2.09. The molecule has 76 valence electrons. The maximum Gasteiger partial charge on any atom is 0.148 e. The number of fused-ring (bicyclic) bond motifs is 1. The van der Waals surface area contributed by atoms with E-state index in [1.165, 1.54) is 11.3 Å². The summed E-state index contributed by atoms with van der Waals surface area (Å²) in [6, 6.07) is 0.283. The standard InChI is InChI=1S/C11H16N2O/c1-7-3-4-9-10(5-7)12-6-11(13-9)8(2)14/h3,5,9,11-13H,4,6H2,1-2H3. The summed E-state index contributed by atoms with van der Waals surface area (Å²) in [4.78, 5) is 11.2. The number of piperazine rings is 1. The van der Waals surface area contributed by atoms with Gasteiger partial charge in [-0.1, -0.05) is 11.6 Å². The highest BCUT2D eigenvalue weighted by Crippen LogP contribution is 2.18. The van der Waals surface area contributed by atoms with Crippen LogP contribution < -0.4 is 10.6 Å². The summed E-state index contributed by atoms with van der Waals surface area (Å²) in [7, 11) is 0. The first-order chi connectivity index (χ1) is 6.66. The van der Waals surface area contributed by atoms with Crippen LogP contribution in [0.3, 0.4) is 0 Å². The number of allylic oxidation sites excluding steroid dienone is 2. The van der Waals surface area contributed by atoms with Crippen molar-refractivity contribution in [2.75, 3.05) is 6.54 Å². The predicted octanol–water partition coefficient (Wildman–Crippen LogP) is 0.739.